The molecule has 107 heavy (non-hydrogen) atoms. The third kappa shape index (κ3) is 23.3. The van der Waals surface area contributed by atoms with Crippen molar-refractivity contribution in [3.63, 3.8) is 0 Å². The van der Waals surface area contributed by atoms with Crippen LogP contribution in [0.2, 0.25) is 40.2 Å². The minimum absolute atomic E-state index is 0.00269. The van der Waals surface area contributed by atoms with Crippen LogP contribution in [0.1, 0.15) is 72.4 Å². The average Bonchev–Trinajstić information content (AvgIpc) is 1.77. The Kier molecular flexibility index (Phi) is 34.2. The van der Waals surface area contributed by atoms with Gasteiger partial charge in [0.1, 0.15) is 0 Å². The molecular weight excluding hydrogens is 1610 g/mol. The molecule has 8 aromatic rings. The highest BCUT2D eigenvalue weighted by molar-refractivity contribution is 8.01. The molecule has 12 rings (SSSR count). The van der Waals surface area contributed by atoms with Crippen molar-refractivity contribution in [1.82, 2.24) is 5.32 Å². The number of methoxy groups -OCH3 is 1. The van der Waals surface area contributed by atoms with Gasteiger partial charge in [0.15, 0.2) is 19.4 Å². The summed E-state index contributed by atoms with van der Waals surface area (Å²) < 4.78 is 21.4. The zero-order chi connectivity index (χ0) is 76.5. The third-order valence-corrected chi connectivity index (χ3v) is 24.1. The van der Waals surface area contributed by atoms with Crippen LogP contribution >= 0.6 is 140 Å². The lowest BCUT2D eigenvalue weighted by Gasteiger charge is -2.28. The largest absolute Gasteiger partial charge is 0.463 e. The number of nitrogens with zero attached hydrogens (tertiary/aromatic N) is 5. The first-order chi connectivity index (χ1) is 51.7. The molecule has 0 spiro atoms. The Hall–Kier alpha value is -5.94. The number of aliphatic hydroxyl groups excluding tert-OH is 1. The first-order valence-electron chi connectivity index (χ1n) is 33.6. The van der Waals surface area contributed by atoms with Crippen molar-refractivity contribution in [2.24, 2.45) is 10.7 Å². The smallest absolute Gasteiger partial charge is 0.239 e. The number of fused-ring (bicyclic) bond motifs is 4. The van der Waals surface area contributed by atoms with E-state index in [-0.39, 0.29) is 81.2 Å². The van der Waals surface area contributed by atoms with Crippen LogP contribution in [0.25, 0.3) is 0 Å². The maximum atomic E-state index is 12.9. The number of β-amino-alcohol motifs (C(OH)–C–C–N with tert-alkyl or cyclic N) is 2. The van der Waals surface area contributed by atoms with Gasteiger partial charge >= 0.3 is 0 Å². The summed E-state index contributed by atoms with van der Waals surface area (Å²) in [5, 5.41) is 26.0. The monoisotopic (exact) mass is 1680 g/mol. The molecule has 8 aromatic carbocycles. The minimum atomic E-state index is -1.61. The quantitative estimate of drug-likeness (QED) is 0.0145. The van der Waals surface area contributed by atoms with Gasteiger partial charge in [-0.05, 0) is 148 Å². The van der Waals surface area contributed by atoms with Gasteiger partial charge in [-0.25, -0.2) is 0 Å². The van der Waals surface area contributed by atoms with Crippen molar-refractivity contribution < 1.29 is 53.1 Å². The van der Waals surface area contributed by atoms with Gasteiger partial charge in [0.25, 0.3) is 0 Å². The second kappa shape index (κ2) is 43.0. The van der Waals surface area contributed by atoms with E-state index in [4.69, 9.17) is 117 Å². The van der Waals surface area contributed by atoms with Crippen molar-refractivity contribution in [1.29, 1.82) is 0 Å². The molecule has 18 nitrogen and oxygen atoms in total. The highest BCUT2D eigenvalue weighted by Gasteiger charge is 2.36. The van der Waals surface area contributed by atoms with E-state index < -0.39 is 6.29 Å². The number of rotatable bonds is 24. The molecule has 566 valence electrons. The second-order valence-corrected chi connectivity index (χ2v) is 31.6. The van der Waals surface area contributed by atoms with Gasteiger partial charge < -0.3 is 54.9 Å². The van der Waals surface area contributed by atoms with Gasteiger partial charge in [0.2, 0.25) is 30.0 Å². The van der Waals surface area contributed by atoms with Crippen molar-refractivity contribution in [2.45, 2.75) is 40.3 Å². The van der Waals surface area contributed by atoms with Crippen molar-refractivity contribution in [3.05, 3.63) is 255 Å². The van der Waals surface area contributed by atoms with Crippen molar-refractivity contribution in [3.8, 4) is 0 Å². The van der Waals surface area contributed by atoms with Gasteiger partial charge in [-0.1, -0.05) is 166 Å². The zero-order valence-electron chi connectivity index (χ0n) is 57.9. The lowest BCUT2D eigenvalue weighted by Crippen LogP contribution is -2.46. The van der Waals surface area contributed by atoms with Gasteiger partial charge in [0, 0.05) is 84.0 Å². The normalized spacial score (nSPS) is 17.3. The second-order valence-electron chi connectivity index (χ2n) is 23.9. The van der Waals surface area contributed by atoms with Gasteiger partial charge in [0.05, 0.1) is 102 Å². The minimum Gasteiger partial charge on any atom is -0.463 e. The number of carbonyl (C=O) groups is 5. The Morgan fingerprint density at radius 3 is 1.19 bits per heavy atom. The maximum Gasteiger partial charge on any atom is 0.239 e. The predicted octanol–water partition coefficient (Wildman–Crippen LogP) is 16.7. The van der Waals surface area contributed by atoms with Crippen LogP contribution in [-0.2, 0) is 42.9 Å². The SMILES string of the molecule is CCN1C(=O)CSC(c2ccccc2Cl)c2cc(Cl)ccc21.COCC(CN1C(=O)CSC(c2ccccc2Cl)c2cc(Cl)ccc21)NC=O.NCCOCCOCCN=COCN1C(=O)CSC(c2ccccc2Cl)c2cc(Cl)ccc21.O=C1CSC(c2ccccc2Cl)c2cc(Cl)ccc2N1CC(O)O. The van der Waals surface area contributed by atoms with Gasteiger partial charge in [-0.15, -0.1) is 47.0 Å². The van der Waals surface area contributed by atoms with Crippen LogP contribution in [-0.4, -0.2) is 162 Å². The van der Waals surface area contributed by atoms with E-state index in [9.17, 15) is 34.2 Å². The summed E-state index contributed by atoms with van der Waals surface area (Å²) in [6, 6.07) is 52.1. The van der Waals surface area contributed by atoms with E-state index >= 15 is 0 Å². The summed E-state index contributed by atoms with van der Waals surface area (Å²) in [4.78, 5) is 72.3. The predicted molar refractivity (Wildman–Crippen MR) is 442 cm³/mol. The first-order valence-corrected chi connectivity index (χ1v) is 40.8. The number of nitrogens with one attached hydrogen (secondary N) is 1. The molecule has 4 aliphatic rings. The maximum absolute atomic E-state index is 12.9. The molecule has 5 unspecified atom stereocenters. The summed E-state index contributed by atoms with van der Waals surface area (Å²) in [7, 11) is 1.56. The molecule has 0 bridgehead atoms. The Labute approximate surface area is 679 Å². The summed E-state index contributed by atoms with van der Waals surface area (Å²) in [5.41, 5.74) is 15.9. The van der Waals surface area contributed by atoms with Crippen molar-refractivity contribution >= 4 is 199 Å². The molecule has 0 radical (unpaired) electrons. The average molecular weight is 1690 g/mol. The highest BCUT2D eigenvalue weighted by atomic mass is 35.5. The molecule has 0 fully saturated rings. The fraction of sp³-hybridized carbons (Fsp3) is 0.299. The van der Waals surface area contributed by atoms with Crippen LogP contribution in [0.15, 0.2) is 175 Å². The molecular formula is C77H77Cl8N7O11S4. The number of nitrogens with two attached hydrogens (primary N) is 1. The fourth-order valence-corrected chi connectivity index (χ4v) is 18.8. The number of anilines is 4. The molecule has 5 N–H and O–H groups in total. The van der Waals surface area contributed by atoms with Gasteiger partial charge in [-0.3, -0.25) is 33.9 Å². The van der Waals surface area contributed by atoms with E-state index in [1.165, 1.54) is 46.6 Å². The summed E-state index contributed by atoms with van der Waals surface area (Å²) >= 11 is 56.7. The molecule has 5 amide bonds. The summed E-state index contributed by atoms with van der Waals surface area (Å²) in [5.74, 6) is 1.01. The number of amides is 5. The number of ether oxygens (including phenoxy) is 4. The molecule has 30 heteroatoms. The van der Waals surface area contributed by atoms with E-state index in [0.29, 0.717) is 117 Å². The lowest BCUT2D eigenvalue weighted by atomic mass is 10.0. The topological polar surface area (TPSA) is 226 Å². The zero-order valence-corrected chi connectivity index (χ0v) is 67.2. The highest BCUT2D eigenvalue weighted by Crippen LogP contribution is 2.51. The Balaban J connectivity index is 0.000000167. The Morgan fingerprint density at radius 1 is 0.486 bits per heavy atom. The van der Waals surface area contributed by atoms with E-state index in [2.05, 4.69) is 10.3 Å². The van der Waals surface area contributed by atoms with Crippen molar-refractivity contribution in [2.75, 3.05) is 122 Å². The lowest BCUT2D eigenvalue weighted by molar-refractivity contribution is -0.118. The summed E-state index contributed by atoms with van der Waals surface area (Å²) in [6.07, 6.45) is 0.357. The molecule has 0 aromatic heterocycles. The number of thioether (sulfide) groups is 4. The molecule has 0 aliphatic carbocycles. The standard InChI is InChI=1S/C23H27Cl2N3O4S.C20H20Cl2N2O3S.C17H15Cl2NO3S.C17H15Cl2NOS/c24-17-5-6-21-19(13-17)23(18-3-1-2-4-20(18)25)33-14-22(29)28(21)16-32-15-27-8-10-31-12-11-30-9-7-26;1-27-10-14(23-12-25)9-24-18-7-6-13(21)8-16(18)20(28-11-19(24)26)15-4-2-3-5-17(15)22;18-10-5-6-14-12(7-10)17(11-3-1-2-4-13(11)19)24-9-15(21)20(14)8-16(22)23;1-2-20-15-8-7-11(18)9-13(15)17(22-10-16(20)21)12-5-3-4-6-14(12)19/h1-6,13,15,23H,7-12,14,16,26H2;2-8,12,14,20H,9-11H2,1H3,(H,23,25);1-7,16-17,22-23H,8-9H2;3-9,17H,2,10H2,1H3. The molecule has 0 saturated heterocycles. The number of hydrogen-bond acceptors (Lipinski definition) is 17. The Morgan fingerprint density at radius 2 is 0.832 bits per heavy atom. The molecule has 4 aliphatic heterocycles. The number of aliphatic imine (C=N–C) groups is 1. The Bertz CT molecular complexity index is 4390. The third-order valence-electron chi connectivity index (χ3n) is 16.8. The van der Waals surface area contributed by atoms with Gasteiger partial charge in [-0.2, -0.15) is 0 Å². The van der Waals surface area contributed by atoms with Crippen LogP contribution in [0.3, 0.4) is 0 Å². The van der Waals surface area contributed by atoms with Crippen LogP contribution < -0.4 is 30.7 Å². The number of aliphatic hydroxyl groups is 2. The molecule has 0 saturated carbocycles. The first kappa shape index (κ1) is 85.1. The van der Waals surface area contributed by atoms with E-state index in [1.807, 2.05) is 151 Å². The van der Waals surface area contributed by atoms with Crippen LogP contribution in [0.4, 0.5) is 22.7 Å². The molecule has 4 heterocycles. The number of carbonyl (C=O) groups excluding carboxylic acids is 5. The number of halogens is 8. The van der Waals surface area contributed by atoms with E-state index in [1.54, 1.807) is 59.0 Å². The molecule has 5 atom stereocenters. The number of benzene rings is 8. The van der Waals surface area contributed by atoms with Crippen LogP contribution in [0, 0.1) is 0 Å². The van der Waals surface area contributed by atoms with E-state index in [0.717, 1.165) is 61.6 Å². The number of hydrogen-bond donors (Lipinski definition) is 4. The van der Waals surface area contributed by atoms with Crippen LogP contribution in [0.5, 0.6) is 0 Å². The fourth-order valence-electron chi connectivity index (χ4n) is 12.0. The summed E-state index contributed by atoms with van der Waals surface area (Å²) in [6.45, 7) is 5.99.